The maximum atomic E-state index is 12.1. The van der Waals surface area contributed by atoms with Crippen LogP contribution in [0.4, 0.5) is 13.2 Å². The molecule has 0 saturated carbocycles. The number of alkyl halides is 3. The van der Waals surface area contributed by atoms with Crippen molar-refractivity contribution in [2.75, 3.05) is 6.61 Å². The number of thiazole rings is 1. The van der Waals surface area contributed by atoms with Gasteiger partial charge in [-0.1, -0.05) is 0 Å². The first-order chi connectivity index (χ1) is 10.9. The van der Waals surface area contributed by atoms with E-state index in [4.69, 9.17) is 5.73 Å². The smallest absolute Gasteiger partial charge is 0.422 e. The van der Waals surface area contributed by atoms with Crippen molar-refractivity contribution in [3.63, 3.8) is 0 Å². The number of nitrogens with two attached hydrogens (primary N) is 1. The molecule has 2 aromatic heterocycles. The first-order valence-corrected chi connectivity index (χ1v) is 7.32. The lowest BCUT2D eigenvalue weighted by atomic mass is 10.2. The molecule has 0 radical (unpaired) electrons. The molecule has 0 fully saturated rings. The van der Waals surface area contributed by atoms with Gasteiger partial charge in [-0.05, 0) is 11.6 Å². The Hall–Kier alpha value is -2.20. The van der Waals surface area contributed by atoms with Crippen molar-refractivity contribution in [3.05, 3.63) is 40.0 Å². The molecule has 3 N–H and O–H groups in total. The number of amides is 1. The molecule has 0 spiro atoms. The molecule has 23 heavy (non-hydrogen) atoms. The number of pyridine rings is 1. The molecule has 0 aliphatic carbocycles. The zero-order chi connectivity index (χ0) is 16.9. The Bertz CT molecular complexity index is 675. The SMILES string of the molecule is NCc1nc(C(=O)NCc2ccnc(OCC(F)(F)F)c2)cs1. The van der Waals surface area contributed by atoms with Crippen LogP contribution in [0.25, 0.3) is 0 Å². The average Bonchev–Trinajstić information content (AvgIpc) is 2.99. The first kappa shape index (κ1) is 17.2. The van der Waals surface area contributed by atoms with Gasteiger partial charge in [0.05, 0.1) is 0 Å². The highest BCUT2D eigenvalue weighted by atomic mass is 32.1. The van der Waals surface area contributed by atoms with Crippen LogP contribution in [0.3, 0.4) is 0 Å². The summed E-state index contributed by atoms with van der Waals surface area (Å²) in [5.41, 5.74) is 6.22. The standard InChI is InChI=1S/C13H13F3N4O2S/c14-13(15,16)7-22-10-3-8(1-2-18-10)5-19-12(21)9-6-23-11(4-17)20-9/h1-3,6H,4-5,7,17H2,(H,19,21). The molecule has 0 saturated heterocycles. The van der Waals surface area contributed by atoms with Crippen LogP contribution in [-0.4, -0.2) is 28.7 Å². The van der Waals surface area contributed by atoms with Crippen LogP contribution in [0.2, 0.25) is 0 Å². The number of ether oxygens (including phenoxy) is 1. The van der Waals surface area contributed by atoms with Crippen molar-refractivity contribution in [3.8, 4) is 5.88 Å². The average molecular weight is 346 g/mol. The Kier molecular flexibility index (Phi) is 5.50. The molecule has 0 atom stereocenters. The van der Waals surface area contributed by atoms with Gasteiger partial charge in [0.15, 0.2) is 6.61 Å². The van der Waals surface area contributed by atoms with E-state index in [0.717, 1.165) is 0 Å². The lowest BCUT2D eigenvalue weighted by Gasteiger charge is -2.09. The van der Waals surface area contributed by atoms with Crippen molar-refractivity contribution >= 4 is 17.2 Å². The molecule has 2 heterocycles. The summed E-state index contributed by atoms with van der Waals surface area (Å²) in [5, 5.41) is 4.84. The predicted molar refractivity (Wildman–Crippen MR) is 77.0 cm³/mol. The second kappa shape index (κ2) is 7.38. The second-order valence-electron chi connectivity index (χ2n) is 4.42. The summed E-state index contributed by atoms with van der Waals surface area (Å²) in [6, 6.07) is 2.89. The lowest BCUT2D eigenvalue weighted by Crippen LogP contribution is -2.23. The van der Waals surface area contributed by atoms with Crippen molar-refractivity contribution < 1.29 is 22.7 Å². The molecule has 2 rings (SSSR count). The summed E-state index contributed by atoms with van der Waals surface area (Å²) in [4.78, 5) is 19.6. The Balaban J connectivity index is 1.91. The molecule has 1 amide bonds. The van der Waals surface area contributed by atoms with Crippen LogP contribution in [0, 0.1) is 0 Å². The zero-order valence-corrected chi connectivity index (χ0v) is 12.6. The zero-order valence-electron chi connectivity index (χ0n) is 11.8. The molecule has 0 unspecified atom stereocenters. The predicted octanol–water partition coefficient (Wildman–Crippen LogP) is 1.87. The number of hydrogen-bond donors (Lipinski definition) is 2. The minimum atomic E-state index is -4.43. The highest BCUT2D eigenvalue weighted by molar-refractivity contribution is 7.09. The van der Waals surface area contributed by atoms with Gasteiger partial charge in [0, 0.05) is 30.7 Å². The largest absolute Gasteiger partial charge is 0.468 e. The normalized spacial score (nSPS) is 11.3. The summed E-state index contributed by atoms with van der Waals surface area (Å²) in [6.45, 7) is -1.06. The fraction of sp³-hybridized carbons (Fsp3) is 0.308. The molecule has 0 aliphatic rings. The molecule has 10 heteroatoms. The van der Waals surface area contributed by atoms with Crippen molar-refractivity contribution in [1.82, 2.24) is 15.3 Å². The third kappa shape index (κ3) is 5.49. The summed E-state index contributed by atoms with van der Waals surface area (Å²) in [6.07, 6.45) is -3.13. The summed E-state index contributed by atoms with van der Waals surface area (Å²) < 4.78 is 40.8. The second-order valence-corrected chi connectivity index (χ2v) is 5.36. The number of nitrogens with one attached hydrogen (secondary N) is 1. The van der Waals surface area contributed by atoms with E-state index in [-0.39, 0.29) is 24.7 Å². The molecule has 124 valence electrons. The van der Waals surface area contributed by atoms with E-state index >= 15 is 0 Å². The number of halogens is 3. The molecular formula is C13H13F3N4O2S. The van der Waals surface area contributed by atoms with Gasteiger partial charge in [0.25, 0.3) is 5.91 Å². The van der Waals surface area contributed by atoms with Gasteiger partial charge in [0.1, 0.15) is 10.7 Å². The quantitative estimate of drug-likeness (QED) is 0.833. The lowest BCUT2D eigenvalue weighted by molar-refractivity contribution is -0.154. The van der Waals surface area contributed by atoms with E-state index < -0.39 is 18.7 Å². The Morgan fingerprint density at radius 2 is 2.22 bits per heavy atom. The topological polar surface area (TPSA) is 90.1 Å². The number of aromatic nitrogens is 2. The highest BCUT2D eigenvalue weighted by Crippen LogP contribution is 2.17. The summed E-state index contributed by atoms with van der Waals surface area (Å²) >= 11 is 1.28. The number of carbonyl (C=O) groups is 1. The van der Waals surface area contributed by atoms with Crippen molar-refractivity contribution in [1.29, 1.82) is 0 Å². The Labute approximate surface area is 133 Å². The third-order valence-corrected chi connectivity index (χ3v) is 3.47. The fourth-order valence-electron chi connectivity index (χ4n) is 1.58. The number of nitrogens with zero attached hydrogens (tertiary/aromatic N) is 2. The molecule has 0 bridgehead atoms. The molecule has 0 aliphatic heterocycles. The maximum absolute atomic E-state index is 12.1. The Morgan fingerprint density at radius 3 is 2.87 bits per heavy atom. The molecule has 0 aromatic carbocycles. The number of carbonyl (C=O) groups excluding carboxylic acids is 1. The molecule has 6 nitrogen and oxygen atoms in total. The van der Waals surface area contributed by atoms with Gasteiger partial charge in [-0.25, -0.2) is 9.97 Å². The monoisotopic (exact) mass is 346 g/mol. The first-order valence-electron chi connectivity index (χ1n) is 6.44. The molecular weight excluding hydrogens is 333 g/mol. The van der Waals surface area contributed by atoms with Crippen LogP contribution in [-0.2, 0) is 13.1 Å². The highest BCUT2D eigenvalue weighted by Gasteiger charge is 2.28. The number of hydrogen-bond acceptors (Lipinski definition) is 6. The van der Waals surface area contributed by atoms with Crippen molar-refractivity contribution in [2.45, 2.75) is 19.3 Å². The van der Waals surface area contributed by atoms with Gasteiger partial charge < -0.3 is 15.8 Å². The van der Waals surface area contributed by atoms with E-state index in [9.17, 15) is 18.0 Å². The van der Waals surface area contributed by atoms with Gasteiger partial charge in [0.2, 0.25) is 5.88 Å². The van der Waals surface area contributed by atoms with E-state index in [1.54, 1.807) is 11.4 Å². The molecule has 2 aromatic rings. The van der Waals surface area contributed by atoms with Crippen LogP contribution in [0.1, 0.15) is 21.1 Å². The minimum absolute atomic E-state index is 0.110. The number of rotatable bonds is 6. The van der Waals surface area contributed by atoms with Gasteiger partial charge >= 0.3 is 6.18 Å². The van der Waals surface area contributed by atoms with E-state index in [2.05, 4.69) is 20.0 Å². The maximum Gasteiger partial charge on any atom is 0.422 e. The van der Waals surface area contributed by atoms with Crippen LogP contribution in [0.15, 0.2) is 23.7 Å². The van der Waals surface area contributed by atoms with Gasteiger partial charge in [-0.2, -0.15) is 13.2 Å². The van der Waals surface area contributed by atoms with Gasteiger partial charge in [-0.15, -0.1) is 11.3 Å². The van der Waals surface area contributed by atoms with E-state index in [1.165, 1.54) is 23.6 Å². The summed E-state index contributed by atoms with van der Waals surface area (Å²) in [5.74, 6) is -0.552. The third-order valence-electron chi connectivity index (χ3n) is 2.60. The Morgan fingerprint density at radius 1 is 1.43 bits per heavy atom. The minimum Gasteiger partial charge on any atom is -0.468 e. The van der Waals surface area contributed by atoms with Crippen LogP contribution in [0.5, 0.6) is 5.88 Å². The van der Waals surface area contributed by atoms with Crippen LogP contribution >= 0.6 is 11.3 Å². The van der Waals surface area contributed by atoms with E-state index in [1.807, 2.05) is 0 Å². The van der Waals surface area contributed by atoms with Crippen molar-refractivity contribution in [2.24, 2.45) is 5.73 Å². The van der Waals surface area contributed by atoms with E-state index in [0.29, 0.717) is 10.6 Å². The van der Waals surface area contributed by atoms with Gasteiger partial charge in [-0.3, -0.25) is 4.79 Å². The summed E-state index contributed by atoms with van der Waals surface area (Å²) in [7, 11) is 0. The van der Waals surface area contributed by atoms with Crippen LogP contribution < -0.4 is 15.8 Å². The fourth-order valence-corrected chi connectivity index (χ4v) is 2.23.